The molecule has 0 spiro atoms. The SMILES string of the molecule is O=C(NCc1ccsc1)Nc1ccc(F)c(C(=O)O)c1. The average molecular weight is 294 g/mol. The largest absolute Gasteiger partial charge is 0.478 e. The first-order chi connectivity index (χ1) is 9.56. The molecule has 7 heteroatoms. The summed E-state index contributed by atoms with van der Waals surface area (Å²) in [7, 11) is 0. The van der Waals surface area contributed by atoms with Crippen LogP contribution < -0.4 is 10.6 Å². The number of rotatable bonds is 4. The first kappa shape index (κ1) is 14.0. The molecule has 3 N–H and O–H groups in total. The lowest BCUT2D eigenvalue weighted by atomic mass is 10.2. The van der Waals surface area contributed by atoms with Crippen molar-refractivity contribution in [1.29, 1.82) is 0 Å². The van der Waals surface area contributed by atoms with Crippen molar-refractivity contribution >= 4 is 29.0 Å². The summed E-state index contributed by atoms with van der Waals surface area (Å²) < 4.78 is 13.2. The third kappa shape index (κ3) is 3.55. The van der Waals surface area contributed by atoms with Crippen LogP contribution in [-0.2, 0) is 6.54 Å². The Hall–Kier alpha value is -2.41. The Bertz CT molecular complexity index is 629. The highest BCUT2D eigenvalue weighted by atomic mass is 32.1. The Kier molecular flexibility index (Phi) is 4.31. The lowest BCUT2D eigenvalue weighted by Gasteiger charge is -2.08. The molecule has 0 saturated carbocycles. The van der Waals surface area contributed by atoms with Crippen LogP contribution in [0.3, 0.4) is 0 Å². The minimum atomic E-state index is -1.38. The molecule has 1 aromatic heterocycles. The number of halogens is 1. The second kappa shape index (κ2) is 6.16. The predicted molar refractivity (Wildman–Crippen MR) is 73.5 cm³/mol. The smallest absolute Gasteiger partial charge is 0.338 e. The molecule has 0 bridgehead atoms. The van der Waals surface area contributed by atoms with Gasteiger partial charge >= 0.3 is 12.0 Å². The number of carbonyl (C=O) groups is 2. The van der Waals surface area contributed by atoms with Crippen LogP contribution in [0.2, 0.25) is 0 Å². The molecule has 20 heavy (non-hydrogen) atoms. The number of carbonyl (C=O) groups excluding carboxylic acids is 1. The van der Waals surface area contributed by atoms with Crippen LogP contribution in [-0.4, -0.2) is 17.1 Å². The van der Waals surface area contributed by atoms with Crippen LogP contribution in [0.5, 0.6) is 0 Å². The fourth-order valence-corrected chi connectivity index (χ4v) is 2.19. The van der Waals surface area contributed by atoms with E-state index in [1.165, 1.54) is 17.4 Å². The molecule has 1 heterocycles. The number of hydrogen-bond donors (Lipinski definition) is 3. The summed E-state index contributed by atoms with van der Waals surface area (Å²) in [5.74, 6) is -2.23. The highest BCUT2D eigenvalue weighted by Crippen LogP contribution is 2.14. The molecule has 0 aliphatic rings. The van der Waals surface area contributed by atoms with Crippen LogP contribution in [0.1, 0.15) is 15.9 Å². The lowest BCUT2D eigenvalue weighted by Crippen LogP contribution is -2.28. The summed E-state index contributed by atoms with van der Waals surface area (Å²) in [6, 6.07) is 4.76. The molecule has 2 rings (SSSR count). The Morgan fingerprint density at radius 2 is 2.10 bits per heavy atom. The van der Waals surface area contributed by atoms with Crippen molar-refractivity contribution in [1.82, 2.24) is 5.32 Å². The lowest BCUT2D eigenvalue weighted by molar-refractivity contribution is 0.0692. The Morgan fingerprint density at radius 3 is 2.75 bits per heavy atom. The summed E-state index contributed by atoms with van der Waals surface area (Å²) in [6.45, 7) is 0.363. The molecule has 0 radical (unpaired) electrons. The van der Waals surface area contributed by atoms with Crippen molar-refractivity contribution in [2.45, 2.75) is 6.54 Å². The van der Waals surface area contributed by atoms with Gasteiger partial charge in [-0.1, -0.05) is 0 Å². The molecule has 5 nitrogen and oxygen atoms in total. The number of carboxylic acids is 1. The Morgan fingerprint density at radius 1 is 1.30 bits per heavy atom. The molecule has 104 valence electrons. The van der Waals surface area contributed by atoms with E-state index >= 15 is 0 Å². The van der Waals surface area contributed by atoms with Crippen molar-refractivity contribution in [3.63, 3.8) is 0 Å². The number of benzene rings is 1. The van der Waals surface area contributed by atoms with Gasteiger partial charge in [0.2, 0.25) is 0 Å². The molecular formula is C13H11FN2O3S. The van der Waals surface area contributed by atoms with Crippen LogP contribution >= 0.6 is 11.3 Å². The number of anilines is 1. The van der Waals surface area contributed by atoms with Gasteiger partial charge in [-0.25, -0.2) is 14.0 Å². The average Bonchev–Trinajstić information content (AvgIpc) is 2.91. The minimum absolute atomic E-state index is 0.214. The number of aromatic carboxylic acids is 1. The quantitative estimate of drug-likeness (QED) is 0.811. The van der Waals surface area contributed by atoms with Crippen LogP contribution in [0.15, 0.2) is 35.0 Å². The third-order valence-electron chi connectivity index (χ3n) is 2.49. The van der Waals surface area contributed by atoms with Crippen LogP contribution in [0.25, 0.3) is 0 Å². The molecular weight excluding hydrogens is 283 g/mol. The summed E-state index contributed by atoms with van der Waals surface area (Å²) in [6.07, 6.45) is 0. The van der Waals surface area contributed by atoms with E-state index < -0.39 is 23.4 Å². The summed E-state index contributed by atoms with van der Waals surface area (Å²) in [4.78, 5) is 22.4. The van der Waals surface area contributed by atoms with Gasteiger partial charge in [0, 0.05) is 12.2 Å². The number of hydrogen-bond acceptors (Lipinski definition) is 3. The Labute approximate surface area is 118 Å². The zero-order valence-corrected chi connectivity index (χ0v) is 11.0. The zero-order chi connectivity index (χ0) is 14.5. The summed E-state index contributed by atoms with van der Waals surface area (Å²) in [5.41, 5.74) is 0.697. The van der Waals surface area contributed by atoms with Crippen molar-refractivity contribution in [3.05, 3.63) is 52.0 Å². The maximum absolute atomic E-state index is 13.2. The molecule has 0 fully saturated rings. The topological polar surface area (TPSA) is 78.4 Å². The van der Waals surface area contributed by atoms with Crippen molar-refractivity contribution in [2.24, 2.45) is 0 Å². The first-order valence-corrected chi connectivity index (χ1v) is 6.59. The van der Waals surface area contributed by atoms with E-state index in [1.54, 1.807) is 0 Å². The van der Waals surface area contributed by atoms with Gasteiger partial charge in [0.15, 0.2) is 0 Å². The van der Waals surface area contributed by atoms with Crippen LogP contribution in [0.4, 0.5) is 14.9 Å². The highest BCUT2D eigenvalue weighted by molar-refractivity contribution is 7.07. The van der Waals surface area contributed by atoms with E-state index in [4.69, 9.17) is 5.11 Å². The van der Waals surface area contributed by atoms with E-state index in [-0.39, 0.29) is 5.69 Å². The molecule has 0 aliphatic heterocycles. The third-order valence-corrected chi connectivity index (χ3v) is 3.22. The van der Waals surface area contributed by atoms with Gasteiger partial charge in [-0.2, -0.15) is 11.3 Å². The molecule has 0 unspecified atom stereocenters. The first-order valence-electron chi connectivity index (χ1n) is 5.65. The zero-order valence-electron chi connectivity index (χ0n) is 10.2. The second-order valence-electron chi connectivity index (χ2n) is 3.94. The summed E-state index contributed by atoms with van der Waals surface area (Å²) in [5, 5.41) is 17.6. The molecule has 0 aliphatic carbocycles. The monoisotopic (exact) mass is 294 g/mol. The number of carboxylic acid groups (broad SMARTS) is 1. The molecule has 2 amide bonds. The van der Waals surface area contributed by atoms with Crippen LogP contribution in [0, 0.1) is 5.82 Å². The predicted octanol–water partition coefficient (Wildman–Crippen LogP) is 2.91. The standard InChI is InChI=1S/C13H11FN2O3S/c14-11-2-1-9(5-10(11)12(17)18)16-13(19)15-6-8-3-4-20-7-8/h1-5,7H,6H2,(H,17,18)(H2,15,16,19). The molecule has 0 atom stereocenters. The van der Waals surface area contributed by atoms with Crippen molar-refractivity contribution in [3.8, 4) is 0 Å². The minimum Gasteiger partial charge on any atom is -0.478 e. The maximum Gasteiger partial charge on any atom is 0.338 e. The summed E-state index contributed by atoms with van der Waals surface area (Å²) >= 11 is 1.52. The van der Waals surface area contributed by atoms with E-state index in [0.29, 0.717) is 6.54 Å². The van der Waals surface area contributed by atoms with E-state index in [0.717, 1.165) is 17.7 Å². The van der Waals surface area contributed by atoms with Crippen molar-refractivity contribution in [2.75, 3.05) is 5.32 Å². The van der Waals surface area contributed by atoms with Gasteiger partial charge < -0.3 is 15.7 Å². The number of urea groups is 1. The maximum atomic E-state index is 13.2. The Balaban J connectivity index is 1.97. The van der Waals surface area contributed by atoms with Crippen molar-refractivity contribution < 1.29 is 19.1 Å². The van der Waals surface area contributed by atoms with Gasteiger partial charge in [0.05, 0.1) is 5.56 Å². The number of thiophene rings is 1. The van der Waals surface area contributed by atoms with Gasteiger partial charge in [0.1, 0.15) is 5.82 Å². The van der Waals surface area contributed by atoms with Gasteiger partial charge in [-0.3, -0.25) is 0 Å². The van der Waals surface area contributed by atoms with Gasteiger partial charge in [-0.05, 0) is 40.6 Å². The normalized spacial score (nSPS) is 10.1. The fourth-order valence-electron chi connectivity index (χ4n) is 1.52. The van der Waals surface area contributed by atoms with E-state index in [9.17, 15) is 14.0 Å². The molecule has 0 saturated heterocycles. The highest BCUT2D eigenvalue weighted by Gasteiger charge is 2.11. The fraction of sp³-hybridized carbons (Fsp3) is 0.0769. The molecule has 1 aromatic carbocycles. The van der Waals surface area contributed by atoms with E-state index in [1.807, 2.05) is 16.8 Å². The van der Waals surface area contributed by atoms with E-state index in [2.05, 4.69) is 10.6 Å². The number of nitrogens with one attached hydrogen (secondary N) is 2. The molecule has 2 aromatic rings. The van der Waals surface area contributed by atoms with Gasteiger partial charge in [0.25, 0.3) is 0 Å². The van der Waals surface area contributed by atoms with Gasteiger partial charge in [-0.15, -0.1) is 0 Å². The second-order valence-corrected chi connectivity index (χ2v) is 4.72. The number of amides is 2.